The molecule has 140 valence electrons. The lowest BCUT2D eigenvalue weighted by atomic mass is 10.2. The van der Waals surface area contributed by atoms with E-state index in [2.05, 4.69) is 25.3 Å². The summed E-state index contributed by atoms with van der Waals surface area (Å²) in [5.74, 6) is 0.351. The Labute approximate surface area is 153 Å². The van der Waals surface area contributed by atoms with Gasteiger partial charge in [0, 0.05) is 11.9 Å². The predicted molar refractivity (Wildman–Crippen MR) is 94.2 cm³/mol. The number of nitrogens with one attached hydrogen (secondary N) is 1. The lowest BCUT2D eigenvalue weighted by Gasteiger charge is -2.10. The molecule has 1 aliphatic heterocycles. The molecule has 11 heteroatoms. The van der Waals surface area contributed by atoms with Crippen molar-refractivity contribution in [3.63, 3.8) is 0 Å². The number of pyridine rings is 1. The highest BCUT2D eigenvalue weighted by molar-refractivity contribution is 5.84. The van der Waals surface area contributed by atoms with Crippen LogP contribution in [0.3, 0.4) is 0 Å². The molecule has 0 aliphatic carbocycles. The van der Waals surface area contributed by atoms with Crippen LogP contribution in [0.5, 0.6) is 6.01 Å². The van der Waals surface area contributed by atoms with Crippen LogP contribution in [0.4, 0.5) is 16.6 Å². The van der Waals surface area contributed by atoms with Crippen LogP contribution in [-0.4, -0.2) is 55.0 Å². The zero-order chi connectivity index (χ0) is 19.0. The molecule has 4 heterocycles. The van der Waals surface area contributed by atoms with Gasteiger partial charge < -0.3 is 25.6 Å². The van der Waals surface area contributed by atoms with Gasteiger partial charge >= 0.3 is 6.16 Å². The Bertz CT molecular complexity index is 1000. The standard InChI is InChI=1S/C16H17N7O4/c1-8-2-3-9(4-18-8)6-23-13-11(20-15(23)24)12(17)21-14(22-13)19-5-10-7-26-16(25)27-10/h2-4,10H,5-7H2,1H3,(H,20,24)(H3,17,19,21,22). The van der Waals surface area contributed by atoms with E-state index in [-0.39, 0.29) is 30.9 Å². The molecule has 1 saturated heterocycles. The number of ether oxygens (including phenoxy) is 2. The van der Waals surface area contributed by atoms with Crippen molar-refractivity contribution in [2.45, 2.75) is 19.6 Å². The minimum atomic E-state index is -0.701. The van der Waals surface area contributed by atoms with Gasteiger partial charge in [-0.2, -0.15) is 15.0 Å². The number of aromatic nitrogens is 5. The van der Waals surface area contributed by atoms with Crippen molar-refractivity contribution in [2.75, 3.05) is 24.2 Å². The molecule has 27 heavy (non-hydrogen) atoms. The van der Waals surface area contributed by atoms with Gasteiger partial charge in [0.1, 0.15) is 6.61 Å². The van der Waals surface area contributed by atoms with Crippen LogP contribution in [0.2, 0.25) is 0 Å². The van der Waals surface area contributed by atoms with E-state index in [0.717, 1.165) is 11.3 Å². The van der Waals surface area contributed by atoms with E-state index in [1.54, 1.807) is 6.20 Å². The van der Waals surface area contributed by atoms with Crippen molar-refractivity contribution in [3.05, 3.63) is 29.6 Å². The Kier molecular flexibility index (Phi) is 4.11. The first-order valence-corrected chi connectivity index (χ1v) is 8.21. The number of fused-ring (bicyclic) bond motifs is 1. The molecule has 1 aliphatic rings. The summed E-state index contributed by atoms with van der Waals surface area (Å²) in [7, 11) is 0. The van der Waals surface area contributed by atoms with Gasteiger partial charge in [0.05, 0.1) is 13.1 Å². The third kappa shape index (κ3) is 3.38. The minimum Gasteiger partial charge on any atom is -0.480 e. The molecule has 0 amide bonds. The summed E-state index contributed by atoms with van der Waals surface area (Å²) in [4.78, 5) is 27.8. The average molecular weight is 371 g/mol. The first kappa shape index (κ1) is 16.8. The topological polar surface area (TPSA) is 150 Å². The zero-order valence-electron chi connectivity index (χ0n) is 14.4. The Morgan fingerprint density at radius 1 is 1.37 bits per heavy atom. The molecule has 3 aromatic rings. The molecule has 0 bridgehead atoms. The number of nitrogen functional groups attached to an aromatic ring is 1. The Balaban J connectivity index is 1.61. The number of carbonyl (C=O) groups is 1. The molecule has 4 rings (SSSR count). The average Bonchev–Trinajstić information content (AvgIpc) is 3.19. The van der Waals surface area contributed by atoms with Gasteiger partial charge in [-0.1, -0.05) is 6.07 Å². The number of nitrogens with zero attached hydrogens (tertiary/aromatic N) is 5. The molecular formula is C16H17N7O4. The van der Waals surface area contributed by atoms with E-state index in [9.17, 15) is 9.90 Å². The van der Waals surface area contributed by atoms with Crippen molar-refractivity contribution < 1.29 is 19.4 Å². The maximum atomic E-state index is 11.0. The van der Waals surface area contributed by atoms with Crippen molar-refractivity contribution in [1.29, 1.82) is 0 Å². The molecule has 0 saturated carbocycles. The van der Waals surface area contributed by atoms with E-state index in [1.165, 1.54) is 4.57 Å². The number of aryl methyl sites for hydroxylation is 1. The minimum absolute atomic E-state index is 0.123. The lowest BCUT2D eigenvalue weighted by molar-refractivity contribution is 0.120. The second-order valence-electron chi connectivity index (χ2n) is 6.09. The zero-order valence-corrected chi connectivity index (χ0v) is 14.4. The highest BCUT2D eigenvalue weighted by Crippen LogP contribution is 2.25. The highest BCUT2D eigenvalue weighted by atomic mass is 16.8. The van der Waals surface area contributed by atoms with Gasteiger partial charge in [-0.3, -0.25) is 9.55 Å². The van der Waals surface area contributed by atoms with Crippen LogP contribution >= 0.6 is 0 Å². The van der Waals surface area contributed by atoms with E-state index in [0.29, 0.717) is 17.7 Å². The van der Waals surface area contributed by atoms with E-state index in [4.69, 9.17) is 15.2 Å². The number of hydrogen-bond donors (Lipinski definition) is 3. The Morgan fingerprint density at radius 3 is 2.93 bits per heavy atom. The SMILES string of the molecule is Cc1ccc(Cn2c(O)nc3c(N)nc(NCC4COC(=O)O4)nc32)cn1. The van der Waals surface area contributed by atoms with E-state index >= 15 is 0 Å². The molecule has 0 spiro atoms. The fourth-order valence-electron chi connectivity index (χ4n) is 2.68. The van der Waals surface area contributed by atoms with Crippen molar-refractivity contribution >= 4 is 29.1 Å². The molecule has 0 radical (unpaired) electrons. The van der Waals surface area contributed by atoms with Gasteiger partial charge in [0.2, 0.25) is 5.95 Å². The summed E-state index contributed by atoms with van der Waals surface area (Å²) in [6, 6.07) is 3.57. The smallest absolute Gasteiger partial charge is 0.480 e. The van der Waals surface area contributed by atoms with Crippen LogP contribution in [-0.2, 0) is 16.0 Å². The molecule has 1 fully saturated rings. The fourth-order valence-corrected chi connectivity index (χ4v) is 2.68. The van der Waals surface area contributed by atoms with Gasteiger partial charge in [0.15, 0.2) is 23.1 Å². The van der Waals surface area contributed by atoms with Crippen LogP contribution in [0.1, 0.15) is 11.3 Å². The number of rotatable bonds is 5. The number of anilines is 2. The Morgan fingerprint density at radius 2 is 2.22 bits per heavy atom. The van der Waals surface area contributed by atoms with Gasteiger partial charge in [-0.05, 0) is 18.6 Å². The summed E-state index contributed by atoms with van der Waals surface area (Å²) < 4.78 is 11.2. The van der Waals surface area contributed by atoms with Crippen LogP contribution in [0.25, 0.3) is 11.2 Å². The quantitative estimate of drug-likeness (QED) is 0.550. The van der Waals surface area contributed by atoms with Gasteiger partial charge in [0.25, 0.3) is 6.01 Å². The summed E-state index contributed by atoms with van der Waals surface area (Å²) in [5.41, 5.74) is 8.40. The number of nitrogens with two attached hydrogens (primary N) is 1. The molecule has 4 N–H and O–H groups in total. The molecule has 11 nitrogen and oxygen atoms in total. The summed E-state index contributed by atoms with van der Waals surface area (Å²) >= 11 is 0. The van der Waals surface area contributed by atoms with Crippen LogP contribution in [0.15, 0.2) is 18.3 Å². The Hall–Kier alpha value is -3.63. The second kappa shape index (κ2) is 6.59. The molecule has 1 unspecified atom stereocenters. The van der Waals surface area contributed by atoms with Crippen molar-refractivity contribution in [1.82, 2.24) is 24.5 Å². The van der Waals surface area contributed by atoms with E-state index < -0.39 is 12.3 Å². The largest absolute Gasteiger partial charge is 0.508 e. The molecule has 0 aromatic carbocycles. The third-order valence-electron chi connectivity index (χ3n) is 4.05. The predicted octanol–water partition coefficient (Wildman–Crippen LogP) is 0.813. The first-order chi connectivity index (χ1) is 13.0. The molecular weight excluding hydrogens is 354 g/mol. The number of imidazole rings is 1. The first-order valence-electron chi connectivity index (χ1n) is 8.21. The van der Waals surface area contributed by atoms with Gasteiger partial charge in [-0.15, -0.1) is 0 Å². The maximum Gasteiger partial charge on any atom is 0.508 e. The second-order valence-corrected chi connectivity index (χ2v) is 6.09. The normalized spacial score (nSPS) is 16.3. The van der Waals surface area contributed by atoms with Crippen LogP contribution in [0, 0.1) is 6.92 Å². The lowest BCUT2D eigenvalue weighted by Crippen LogP contribution is -2.23. The summed E-state index contributed by atoms with van der Waals surface area (Å²) in [5, 5.41) is 13.2. The summed E-state index contributed by atoms with van der Waals surface area (Å²) in [6.07, 6.45) is 0.584. The van der Waals surface area contributed by atoms with Crippen molar-refractivity contribution in [2.24, 2.45) is 0 Å². The number of cyclic esters (lactones) is 2. The number of aromatic hydroxyl groups is 1. The van der Waals surface area contributed by atoms with Gasteiger partial charge in [-0.25, -0.2) is 4.79 Å². The molecule has 1 atom stereocenters. The summed E-state index contributed by atoms with van der Waals surface area (Å²) in [6.45, 7) is 2.63. The van der Waals surface area contributed by atoms with E-state index in [1.807, 2.05) is 19.1 Å². The fraction of sp³-hybridized carbons (Fsp3) is 0.312. The highest BCUT2D eigenvalue weighted by Gasteiger charge is 2.25. The van der Waals surface area contributed by atoms with Crippen molar-refractivity contribution in [3.8, 4) is 6.01 Å². The monoisotopic (exact) mass is 371 g/mol. The van der Waals surface area contributed by atoms with Crippen LogP contribution < -0.4 is 11.1 Å². The number of carbonyl (C=O) groups excluding carboxylic acids is 1. The third-order valence-corrected chi connectivity index (χ3v) is 4.05. The number of hydrogen-bond acceptors (Lipinski definition) is 10. The maximum absolute atomic E-state index is 11.0. The molecule has 3 aromatic heterocycles.